The van der Waals surface area contributed by atoms with Crippen LogP contribution in [0.3, 0.4) is 0 Å². The fraction of sp³-hybridized carbons (Fsp3) is 0.929. The first-order valence-corrected chi connectivity index (χ1v) is 7.51. The highest BCUT2D eigenvalue weighted by atomic mass is 16.2. The Bertz CT molecular complexity index is 372. The summed E-state index contributed by atoms with van der Waals surface area (Å²) in [6.07, 6.45) is 3.22. The zero-order valence-electron chi connectivity index (χ0n) is 11.1. The van der Waals surface area contributed by atoms with Crippen molar-refractivity contribution in [3.05, 3.63) is 0 Å². The van der Waals surface area contributed by atoms with Crippen LogP contribution in [0.4, 0.5) is 0 Å². The molecule has 4 aliphatic rings. The van der Waals surface area contributed by atoms with Gasteiger partial charge in [-0.1, -0.05) is 0 Å². The topological polar surface area (TPSA) is 35.6 Å². The summed E-state index contributed by atoms with van der Waals surface area (Å²) < 4.78 is 0. The molecule has 4 heterocycles. The minimum atomic E-state index is 0.407. The largest absolute Gasteiger partial charge is 0.338 e. The number of fused-ring (bicyclic) bond motifs is 2. The Balaban J connectivity index is 1.55. The van der Waals surface area contributed by atoms with Crippen molar-refractivity contribution in [3.8, 4) is 0 Å². The van der Waals surface area contributed by atoms with Crippen LogP contribution in [-0.2, 0) is 4.79 Å². The van der Waals surface area contributed by atoms with Gasteiger partial charge in [0, 0.05) is 37.6 Å². The van der Waals surface area contributed by atoms with Crippen LogP contribution in [0.5, 0.6) is 0 Å². The Morgan fingerprint density at radius 3 is 3.00 bits per heavy atom. The third-order valence-electron chi connectivity index (χ3n) is 5.85. The fourth-order valence-electron chi connectivity index (χ4n) is 4.91. The van der Waals surface area contributed by atoms with E-state index in [1.807, 2.05) is 0 Å². The maximum atomic E-state index is 12.1. The maximum absolute atomic E-state index is 12.1. The zero-order valence-corrected chi connectivity index (χ0v) is 11.1. The van der Waals surface area contributed by atoms with Gasteiger partial charge < -0.3 is 10.2 Å². The summed E-state index contributed by atoms with van der Waals surface area (Å²) >= 11 is 0. The second-order valence-electron chi connectivity index (χ2n) is 6.59. The summed E-state index contributed by atoms with van der Waals surface area (Å²) in [5.74, 6) is 2.05. The molecule has 4 heteroatoms. The molecule has 1 amide bonds. The van der Waals surface area contributed by atoms with Gasteiger partial charge in [0.05, 0.1) is 0 Å². The van der Waals surface area contributed by atoms with E-state index < -0.39 is 0 Å². The molecule has 0 saturated carbocycles. The van der Waals surface area contributed by atoms with Crippen LogP contribution in [0.1, 0.15) is 26.2 Å². The number of hydrogen-bond acceptors (Lipinski definition) is 3. The molecule has 4 rings (SSSR count). The van der Waals surface area contributed by atoms with E-state index in [-0.39, 0.29) is 0 Å². The lowest BCUT2D eigenvalue weighted by molar-refractivity contribution is -0.127. The van der Waals surface area contributed by atoms with Crippen molar-refractivity contribution < 1.29 is 4.79 Å². The van der Waals surface area contributed by atoms with Crippen LogP contribution in [0, 0.1) is 11.8 Å². The number of likely N-dealkylation sites (tertiary alicyclic amines) is 1. The molecule has 5 atom stereocenters. The molecule has 4 nitrogen and oxygen atoms in total. The van der Waals surface area contributed by atoms with Gasteiger partial charge in [-0.2, -0.15) is 0 Å². The van der Waals surface area contributed by atoms with Crippen LogP contribution in [0.2, 0.25) is 0 Å². The molecule has 4 saturated heterocycles. The van der Waals surface area contributed by atoms with Gasteiger partial charge in [0.15, 0.2) is 0 Å². The van der Waals surface area contributed by atoms with Gasteiger partial charge >= 0.3 is 0 Å². The van der Waals surface area contributed by atoms with Gasteiger partial charge in [-0.15, -0.1) is 0 Å². The molecule has 0 spiro atoms. The molecule has 0 radical (unpaired) electrons. The van der Waals surface area contributed by atoms with Gasteiger partial charge in [0.1, 0.15) is 0 Å². The minimum Gasteiger partial charge on any atom is -0.338 e. The number of rotatable bonds is 1. The van der Waals surface area contributed by atoms with E-state index in [0.29, 0.717) is 24.0 Å². The summed E-state index contributed by atoms with van der Waals surface area (Å²) in [6, 6.07) is 1.70. The molecule has 0 aromatic heterocycles. The second kappa shape index (κ2) is 3.94. The molecule has 0 bridgehead atoms. The van der Waals surface area contributed by atoms with Crippen molar-refractivity contribution in [3.63, 3.8) is 0 Å². The Labute approximate surface area is 109 Å². The first kappa shape index (κ1) is 11.2. The number of nitrogens with one attached hydrogen (secondary N) is 1. The number of nitrogens with zero attached hydrogens (tertiary/aromatic N) is 2. The Hall–Kier alpha value is -0.610. The molecule has 100 valence electrons. The highest BCUT2D eigenvalue weighted by Gasteiger charge is 2.51. The molecule has 0 aliphatic carbocycles. The Morgan fingerprint density at radius 1 is 1.28 bits per heavy atom. The lowest BCUT2D eigenvalue weighted by Gasteiger charge is -2.33. The molecule has 0 aromatic rings. The van der Waals surface area contributed by atoms with Gasteiger partial charge in [-0.3, -0.25) is 9.69 Å². The van der Waals surface area contributed by atoms with Gasteiger partial charge in [-0.05, 0) is 44.7 Å². The minimum absolute atomic E-state index is 0.407. The number of carbonyl (C=O) groups excluding carboxylic acids is 1. The second-order valence-corrected chi connectivity index (χ2v) is 6.59. The van der Waals surface area contributed by atoms with Crippen LogP contribution >= 0.6 is 0 Å². The quantitative estimate of drug-likeness (QED) is 0.725. The predicted octanol–water partition coefficient (Wildman–Crippen LogP) is 0.289. The highest BCUT2D eigenvalue weighted by Crippen LogP contribution is 2.40. The number of carbonyl (C=O) groups is 1. The maximum Gasteiger partial charge on any atom is 0.224 e. The smallest absolute Gasteiger partial charge is 0.224 e. The van der Waals surface area contributed by atoms with E-state index in [1.54, 1.807) is 0 Å². The average Bonchev–Trinajstić information content (AvgIpc) is 3.04. The molecule has 18 heavy (non-hydrogen) atoms. The molecule has 1 N–H and O–H groups in total. The zero-order chi connectivity index (χ0) is 12.3. The third-order valence-corrected chi connectivity index (χ3v) is 5.85. The summed E-state index contributed by atoms with van der Waals surface area (Å²) in [5, 5.41) is 3.52. The van der Waals surface area contributed by atoms with Crippen molar-refractivity contribution in [2.45, 2.75) is 44.3 Å². The average molecular weight is 249 g/mol. The third kappa shape index (κ3) is 1.42. The van der Waals surface area contributed by atoms with Crippen molar-refractivity contribution in [1.82, 2.24) is 15.1 Å². The predicted molar refractivity (Wildman–Crippen MR) is 69.2 cm³/mol. The molecule has 4 aliphatic heterocycles. The van der Waals surface area contributed by atoms with E-state index >= 15 is 0 Å². The first-order valence-electron chi connectivity index (χ1n) is 7.51. The molecule has 5 unspecified atom stereocenters. The van der Waals surface area contributed by atoms with Crippen LogP contribution in [0.25, 0.3) is 0 Å². The highest BCUT2D eigenvalue weighted by molar-refractivity contribution is 5.80. The van der Waals surface area contributed by atoms with Crippen molar-refractivity contribution in [2.75, 3.05) is 26.2 Å². The van der Waals surface area contributed by atoms with Gasteiger partial charge in [-0.25, -0.2) is 0 Å². The summed E-state index contributed by atoms with van der Waals surface area (Å²) in [5.41, 5.74) is 0. The fourth-order valence-corrected chi connectivity index (χ4v) is 4.91. The molecular weight excluding hydrogens is 226 g/mol. The van der Waals surface area contributed by atoms with Crippen LogP contribution in [0.15, 0.2) is 0 Å². The molecule has 4 fully saturated rings. The van der Waals surface area contributed by atoms with E-state index in [0.717, 1.165) is 24.8 Å². The standard InChI is InChI=1S/C14H23N3O/c1-9-11-7-15-6-10(11)8-17(9)13-5-14(18)16-4-2-3-12(13)16/h9-13,15H,2-8H2,1H3. The molecular formula is C14H23N3O. The van der Waals surface area contributed by atoms with Crippen LogP contribution < -0.4 is 5.32 Å². The summed E-state index contributed by atoms with van der Waals surface area (Å²) in [6.45, 7) is 6.95. The molecule has 0 aromatic carbocycles. The lowest BCUT2D eigenvalue weighted by atomic mass is 9.95. The first-order chi connectivity index (χ1) is 8.75. The summed E-state index contributed by atoms with van der Waals surface area (Å²) in [7, 11) is 0. The van der Waals surface area contributed by atoms with Crippen LogP contribution in [-0.4, -0.2) is 60.0 Å². The van der Waals surface area contributed by atoms with Crippen molar-refractivity contribution in [1.29, 1.82) is 0 Å². The van der Waals surface area contributed by atoms with Crippen molar-refractivity contribution in [2.24, 2.45) is 11.8 Å². The van der Waals surface area contributed by atoms with Crippen molar-refractivity contribution >= 4 is 5.91 Å². The monoisotopic (exact) mass is 249 g/mol. The number of hydrogen-bond donors (Lipinski definition) is 1. The SMILES string of the molecule is CC1C2CNCC2CN1C1CC(=O)N2CCCC12. The van der Waals surface area contributed by atoms with E-state index in [2.05, 4.69) is 22.0 Å². The number of amides is 1. The Morgan fingerprint density at radius 2 is 2.17 bits per heavy atom. The summed E-state index contributed by atoms with van der Waals surface area (Å²) in [4.78, 5) is 16.9. The van der Waals surface area contributed by atoms with Gasteiger partial charge in [0.25, 0.3) is 0 Å². The van der Waals surface area contributed by atoms with E-state index in [9.17, 15) is 4.79 Å². The lowest BCUT2D eigenvalue weighted by Crippen LogP contribution is -2.46. The van der Waals surface area contributed by atoms with E-state index in [4.69, 9.17) is 0 Å². The van der Waals surface area contributed by atoms with Gasteiger partial charge in [0.2, 0.25) is 5.91 Å². The van der Waals surface area contributed by atoms with E-state index in [1.165, 1.54) is 32.5 Å². The Kier molecular flexibility index (Phi) is 2.46. The normalized spacial score (nSPS) is 47.9.